The fourth-order valence-electron chi connectivity index (χ4n) is 3.18. The highest BCUT2D eigenvalue weighted by Gasteiger charge is 2.20. The van der Waals surface area contributed by atoms with E-state index in [1.165, 1.54) is 13.1 Å². The van der Waals surface area contributed by atoms with E-state index in [1.807, 2.05) is 18.2 Å². The lowest BCUT2D eigenvalue weighted by atomic mass is 10.2. The van der Waals surface area contributed by atoms with Gasteiger partial charge < -0.3 is 20.3 Å². The van der Waals surface area contributed by atoms with Gasteiger partial charge in [0.25, 0.3) is 0 Å². The van der Waals surface area contributed by atoms with Crippen LogP contribution in [0.2, 0.25) is 0 Å². The van der Waals surface area contributed by atoms with Crippen molar-refractivity contribution < 1.29 is 4.74 Å². The molecule has 1 aromatic rings. The van der Waals surface area contributed by atoms with Crippen molar-refractivity contribution in [1.82, 2.24) is 20.4 Å². The van der Waals surface area contributed by atoms with Crippen LogP contribution in [-0.2, 0) is 6.54 Å². The van der Waals surface area contributed by atoms with Gasteiger partial charge >= 0.3 is 0 Å². The van der Waals surface area contributed by atoms with Crippen molar-refractivity contribution in [1.29, 1.82) is 0 Å². The Morgan fingerprint density at radius 2 is 1.93 bits per heavy atom. The van der Waals surface area contributed by atoms with Crippen molar-refractivity contribution in [2.75, 3.05) is 52.9 Å². The second kappa shape index (κ2) is 13.2. The molecule has 1 heterocycles. The Morgan fingerprint density at radius 1 is 1.19 bits per heavy atom. The minimum absolute atomic E-state index is 0. The highest BCUT2D eigenvalue weighted by Crippen LogP contribution is 2.13. The maximum atomic E-state index is 5.28. The fourth-order valence-corrected chi connectivity index (χ4v) is 3.18. The molecule has 1 saturated heterocycles. The van der Waals surface area contributed by atoms with Gasteiger partial charge in [-0.3, -0.25) is 4.90 Å². The standard InChI is InChI=1S/C20H35N5O.HI/c1-5-21-20(23-16-18-8-7-9-19(14-18)26-4)22-15-17(3)25-12-10-24(6-2)11-13-25;/h7-9,14,17H,5-6,10-13,15-16H2,1-4H3,(H2,21,22,23);1H. The molecule has 0 aliphatic carbocycles. The zero-order chi connectivity index (χ0) is 18.8. The van der Waals surface area contributed by atoms with E-state index in [2.05, 4.69) is 47.3 Å². The first-order valence-electron chi connectivity index (χ1n) is 9.77. The van der Waals surface area contributed by atoms with Crippen LogP contribution < -0.4 is 15.4 Å². The Hall–Kier alpha value is -1.06. The van der Waals surface area contributed by atoms with Crippen LogP contribution in [0, 0.1) is 0 Å². The molecule has 27 heavy (non-hydrogen) atoms. The first-order valence-corrected chi connectivity index (χ1v) is 9.77. The van der Waals surface area contributed by atoms with Gasteiger partial charge in [0.1, 0.15) is 5.75 Å². The topological polar surface area (TPSA) is 52.1 Å². The molecular formula is C20H36IN5O. The number of hydrogen-bond acceptors (Lipinski definition) is 4. The first-order chi connectivity index (χ1) is 12.7. The second-order valence-electron chi connectivity index (χ2n) is 6.75. The summed E-state index contributed by atoms with van der Waals surface area (Å²) >= 11 is 0. The number of methoxy groups -OCH3 is 1. The third-order valence-corrected chi connectivity index (χ3v) is 4.94. The Morgan fingerprint density at radius 3 is 2.56 bits per heavy atom. The van der Waals surface area contributed by atoms with Crippen LogP contribution in [0.4, 0.5) is 0 Å². The summed E-state index contributed by atoms with van der Waals surface area (Å²) in [7, 11) is 1.69. The SMILES string of the molecule is CCNC(=NCc1cccc(OC)c1)NCC(C)N1CCN(CC)CC1.I. The van der Waals surface area contributed by atoms with Gasteiger partial charge in [0.05, 0.1) is 13.7 Å². The van der Waals surface area contributed by atoms with Crippen LogP contribution in [0.25, 0.3) is 0 Å². The Labute approximate surface area is 181 Å². The third kappa shape index (κ3) is 8.23. The molecule has 6 nitrogen and oxygen atoms in total. The summed E-state index contributed by atoms with van der Waals surface area (Å²) in [6.07, 6.45) is 0. The third-order valence-electron chi connectivity index (χ3n) is 4.94. The summed E-state index contributed by atoms with van der Waals surface area (Å²) < 4.78 is 5.28. The lowest BCUT2D eigenvalue weighted by Gasteiger charge is -2.37. The zero-order valence-electron chi connectivity index (χ0n) is 17.2. The summed E-state index contributed by atoms with van der Waals surface area (Å²) in [5.74, 6) is 1.74. The summed E-state index contributed by atoms with van der Waals surface area (Å²) in [5, 5.41) is 6.83. The molecule has 1 atom stereocenters. The molecule has 1 aromatic carbocycles. The number of nitrogens with one attached hydrogen (secondary N) is 2. The molecule has 1 aliphatic rings. The van der Waals surface area contributed by atoms with Crippen molar-refractivity contribution in [2.24, 2.45) is 4.99 Å². The van der Waals surface area contributed by atoms with Gasteiger partial charge in [0.15, 0.2) is 5.96 Å². The number of hydrogen-bond donors (Lipinski definition) is 2. The molecule has 0 radical (unpaired) electrons. The van der Waals surface area contributed by atoms with Crippen molar-refractivity contribution in [2.45, 2.75) is 33.4 Å². The lowest BCUT2D eigenvalue weighted by Crippen LogP contribution is -2.53. The number of benzene rings is 1. The first kappa shape index (κ1) is 24.0. The monoisotopic (exact) mass is 489 g/mol. The molecule has 0 spiro atoms. The van der Waals surface area contributed by atoms with E-state index in [-0.39, 0.29) is 24.0 Å². The molecule has 1 fully saturated rings. The lowest BCUT2D eigenvalue weighted by molar-refractivity contribution is 0.107. The number of piperazine rings is 1. The Bertz CT molecular complexity index is 561. The quantitative estimate of drug-likeness (QED) is 0.334. The molecule has 0 bridgehead atoms. The summed E-state index contributed by atoms with van der Waals surface area (Å²) in [4.78, 5) is 9.78. The van der Waals surface area contributed by atoms with Gasteiger partial charge in [-0.15, -0.1) is 24.0 Å². The molecule has 0 saturated carbocycles. The largest absolute Gasteiger partial charge is 0.497 e. The number of nitrogens with zero attached hydrogens (tertiary/aromatic N) is 3. The molecule has 1 aliphatic heterocycles. The molecular weight excluding hydrogens is 453 g/mol. The smallest absolute Gasteiger partial charge is 0.191 e. The van der Waals surface area contributed by atoms with E-state index in [9.17, 15) is 0 Å². The highest BCUT2D eigenvalue weighted by molar-refractivity contribution is 14.0. The zero-order valence-corrected chi connectivity index (χ0v) is 19.5. The van der Waals surface area contributed by atoms with Gasteiger partial charge in [0.2, 0.25) is 0 Å². The molecule has 2 rings (SSSR count). The van der Waals surface area contributed by atoms with E-state index in [0.29, 0.717) is 12.6 Å². The highest BCUT2D eigenvalue weighted by atomic mass is 127. The Balaban J connectivity index is 0.00000364. The van der Waals surface area contributed by atoms with Crippen LogP contribution >= 0.6 is 24.0 Å². The van der Waals surface area contributed by atoms with Crippen LogP contribution in [0.1, 0.15) is 26.3 Å². The Kier molecular flexibility index (Phi) is 11.7. The fraction of sp³-hybridized carbons (Fsp3) is 0.650. The molecule has 1 unspecified atom stereocenters. The van der Waals surface area contributed by atoms with Crippen LogP contribution in [-0.4, -0.2) is 74.7 Å². The van der Waals surface area contributed by atoms with Gasteiger partial charge in [0, 0.05) is 45.3 Å². The van der Waals surface area contributed by atoms with E-state index in [1.54, 1.807) is 7.11 Å². The molecule has 0 aromatic heterocycles. The maximum Gasteiger partial charge on any atom is 0.191 e. The van der Waals surface area contributed by atoms with Gasteiger partial charge in [-0.2, -0.15) is 0 Å². The predicted molar refractivity (Wildman–Crippen MR) is 124 cm³/mol. The predicted octanol–water partition coefficient (Wildman–Crippen LogP) is 2.39. The normalized spacial score (nSPS) is 17.1. The molecule has 7 heteroatoms. The summed E-state index contributed by atoms with van der Waals surface area (Å²) in [6.45, 7) is 14.8. The van der Waals surface area contributed by atoms with Crippen LogP contribution in [0.15, 0.2) is 29.3 Å². The number of likely N-dealkylation sites (N-methyl/N-ethyl adjacent to an activating group) is 1. The average molecular weight is 489 g/mol. The molecule has 154 valence electrons. The molecule has 0 amide bonds. The second-order valence-corrected chi connectivity index (χ2v) is 6.75. The summed E-state index contributed by atoms with van der Waals surface area (Å²) in [5.41, 5.74) is 1.14. The minimum atomic E-state index is 0. The van der Waals surface area contributed by atoms with E-state index >= 15 is 0 Å². The van der Waals surface area contributed by atoms with Crippen LogP contribution in [0.5, 0.6) is 5.75 Å². The number of guanidine groups is 1. The van der Waals surface area contributed by atoms with Gasteiger partial charge in [-0.25, -0.2) is 4.99 Å². The maximum absolute atomic E-state index is 5.28. The van der Waals surface area contributed by atoms with Crippen molar-refractivity contribution in [3.05, 3.63) is 29.8 Å². The van der Waals surface area contributed by atoms with E-state index in [0.717, 1.165) is 50.0 Å². The number of ether oxygens (including phenoxy) is 1. The van der Waals surface area contributed by atoms with Gasteiger partial charge in [-0.05, 0) is 38.1 Å². The van der Waals surface area contributed by atoms with Crippen molar-refractivity contribution in [3.8, 4) is 5.75 Å². The average Bonchev–Trinajstić information content (AvgIpc) is 2.70. The van der Waals surface area contributed by atoms with Crippen molar-refractivity contribution >= 4 is 29.9 Å². The van der Waals surface area contributed by atoms with E-state index < -0.39 is 0 Å². The molecule has 2 N–H and O–H groups in total. The number of rotatable bonds is 8. The number of aliphatic imine (C=N–C) groups is 1. The summed E-state index contributed by atoms with van der Waals surface area (Å²) in [6, 6.07) is 8.56. The van der Waals surface area contributed by atoms with Crippen LogP contribution in [0.3, 0.4) is 0 Å². The van der Waals surface area contributed by atoms with Gasteiger partial charge in [-0.1, -0.05) is 19.1 Å². The van der Waals surface area contributed by atoms with Crippen molar-refractivity contribution in [3.63, 3.8) is 0 Å². The number of halogens is 1. The minimum Gasteiger partial charge on any atom is -0.497 e. The van der Waals surface area contributed by atoms with E-state index in [4.69, 9.17) is 9.73 Å².